The van der Waals surface area contributed by atoms with E-state index in [0.717, 1.165) is 12.0 Å². The van der Waals surface area contributed by atoms with Crippen molar-refractivity contribution in [2.75, 3.05) is 0 Å². The fraction of sp³-hybridized carbons (Fsp3) is 0.286. The molecule has 0 aliphatic heterocycles. The number of benzene rings is 1. The highest BCUT2D eigenvalue weighted by Gasteiger charge is 2.23. The van der Waals surface area contributed by atoms with Crippen LogP contribution < -0.4 is 0 Å². The predicted octanol–water partition coefficient (Wildman–Crippen LogP) is 2.89. The highest BCUT2D eigenvalue weighted by atomic mass is 16.1. The molecule has 0 saturated heterocycles. The van der Waals surface area contributed by atoms with Gasteiger partial charge in [-0.15, -0.1) is 0 Å². The largest absolute Gasteiger partial charge is 0.294 e. The van der Waals surface area contributed by atoms with E-state index in [0.29, 0.717) is 0 Å². The Morgan fingerprint density at radius 2 is 1.87 bits per heavy atom. The third-order valence-corrected chi connectivity index (χ3v) is 2.73. The molecule has 0 saturated carbocycles. The second-order valence-corrected chi connectivity index (χ2v) is 4.24. The highest BCUT2D eigenvalue weighted by molar-refractivity contribution is 6.04. The molecule has 0 fully saturated rings. The quantitative estimate of drug-likeness (QED) is 0.728. The van der Waals surface area contributed by atoms with Crippen LogP contribution in [0.15, 0.2) is 35.9 Å². The molecule has 0 bridgehead atoms. The Labute approximate surface area is 90.8 Å². The zero-order chi connectivity index (χ0) is 10.8. The van der Waals surface area contributed by atoms with Crippen LogP contribution in [0.5, 0.6) is 0 Å². The van der Waals surface area contributed by atoms with E-state index in [2.05, 4.69) is 31.2 Å². The van der Waals surface area contributed by atoms with Gasteiger partial charge in [0.1, 0.15) is 0 Å². The number of rotatable bonds is 4. The summed E-state index contributed by atoms with van der Waals surface area (Å²) < 4.78 is 0. The highest BCUT2D eigenvalue weighted by Crippen LogP contribution is 2.23. The average Bonchev–Trinajstić information content (AvgIpc) is 3.04. The molecule has 1 aliphatic rings. The normalized spacial score (nSPS) is 15.7. The SMILES string of the molecule is Cc1ccc(CC(C)C(=O)C2=C[CH]2)cc1. The first-order chi connectivity index (χ1) is 7.16. The summed E-state index contributed by atoms with van der Waals surface area (Å²) in [6.07, 6.45) is 4.60. The van der Waals surface area contributed by atoms with Crippen molar-refractivity contribution < 1.29 is 4.79 Å². The molecule has 1 atom stereocenters. The number of carbonyl (C=O) groups excluding carboxylic acids is 1. The van der Waals surface area contributed by atoms with Gasteiger partial charge in [-0.2, -0.15) is 0 Å². The molecule has 0 amide bonds. The van der Waals surface area contributed by atoms with Crippen molar-refractivity contribution in [3.63, 3.8) is 0 Å². The molecule has 0 heterocycles. The number of Topliss-reactive ketones (excluding diaryl/α,β-unsaturated/α-hetero) is 1. The summed E-state index contributed by atoms with van der Waals surface area (Å²) in [5.41, 5.74) is 3.40. The van der Waals surface area contributed by atoms with Crippen LogP contribution in [0.1, 0.15) is 18.1 Å². The van der Waals surface area contributed by atoms with Gasteiger partial charge in [0.25, 0.3) is 0 Å². The summed E-state index contributed by atoms with van der Waals surface area (Å²) in [6, 6.07) is 8.39. The van der Waals surface area contributed by atoms with Gasteiger partial charge in [-0.05, 0) is 24.5 Å². The van der Waals surface area contributed by atoms with Crippen LogP contribution in [-0.4, -0.2) is 5.78 Å². The molecule has 1 aromatic carbocycles. The van der Waals surface area contributed by atoms with Crippen molar-refractivity contribution in [1.82, 2.24) is 0 Å². The Bertz CT molecular complexity index is 398. The smallest absolute Gasteiger partial charge is 0.162 e. The molecule has 1 unspecified atom stereocenters. The van der Waals surface area contributed by atoms with Gasteiger partial charge >= 0.3 is 0 Å². The predicted molar refractivity (Wildman–Crippen MR) is 61.4 cm³/mol. The maximum Gasteiger partial charge on any atom is 0.162 e. The molecule has 0 spiro atoms. The lowest BCUT2D eigenvalue weighted by molar-refractivity contribution is -0.118. The van der Waals surface area contributed by atoms with Crippen molar-refractivity contribution in [3.05, 3.63) is 53.5 Å². The summed E-state index contributed by atoms with van der Waals surface area (Å²) in [4.78, 5) is 11.7. The Hall–Kier alpha value is -1.37. The van der Waals surface area contributed by atoms with Crippen molar-refractivity contribution in [2.24, 2.45) is 5.92 Å². The second-order valence-electron chi connectivity index (χ2n) is 4.24. The molecule has 1 radical (unpaired) electrons. The fourth-order valence-electron chi connectivity index (χ4n) is 1.66. The van der Waals surface area contributed by atoms with E-state index in [9.17, 15) is 4.79 Å². The fourth-order valence-corrected chi connectivity index (χ4v) is 1.66. The molecule has 2 rings (SSSR count). The van der Waals surface area contributed by atoms with Gasteiger partial charge in [0, 0.05) is 12.3 Å². The third kappa shape index (κ3) is 2.56. The Morgan fingerprint density at radius 1 is 1.27 bits per heavy atom. The summed E-state index contributed by atoms with van der Waals surface area (Å²) in [5.74, 6) is 0.369. The summed E-state index contributed by atoms with van der Waals surface area (Å²) in [5, 5.41) is 0. The van der Waals surface area contributed by atoms with Crippen LogP contribution in [0.4, 0.5) is 0 Å². The van der Waals surface area contributed by atoms with E-state index in [1.54, 1.807) is 0 Å². The van der Waals surface area contributed by atoms with Crippen molar-refractivity contribution in [1.29, 1.82) is 0 Å². The van der Waals surface area contributed by atoms with Crippen LogP contribution in [0.3, 0.4) is 0 Å². The van der Waals surface area contributed by atoms with E-state index >= 15 is 0 Å². The standard InChI is InChI=1S/C14H15O/c1-10-3-5-12(6-4-10)9-11(2)14(15)13-7-8-13/h3-8,11H,9H2,1-2H3. The molecule has 1 aliphatic carbocycles. The summed E-state index contributed by atoms with van der Waals surface area (Å²) in [6.45, 7) is 4.07. The maximum absolute atomic E-state index is 11.7. The number of hydrogen-bond acceptors (Lipinski definition) is 1. The van der Waals surface area contributed by atoms with Crippen LogP contribution in [0.25, 0.3) is 0 Å². The Balaban J connectivity index is 1.98. The van der Waals surface area contributed by atoms with E-state index < -0.39 is 0 Å². The lowest BCUT2D eigenvalue weighted by Crippen LogP contribution is -2.12. The number of allylic oxidation sites excluding steroid dienone is 2. The lowest BCUT2D eigenvalue weighted by Gasteiger charge is -2.08. The molecule has 1 aromatic rings. The van der Waals surface area contributed by atoms with Gasteiger partial charge in [0.2, 0.25) is 0 Å². The minimum Gasteiger partial charge on any atom is -0.294 e. The minimum atomic E-state index is 0.0951. The molecular formula is C14H15O. The molecule has 77 valence electrons. The molecule has 1 nitrogen and oxygen atoms in total. The monoisotopic (exact) mass is 199 g/mol. The molecule has 0 N–H and O–H groups in total. The summed E-state index contributed by atoms with van der Waals surface area (Å²) in [7, 11) is 0. The molecule has 0 aromatic heterocycles. The van der Waals surface area contributed by atoms with E-state index in [1.807, 2.05) is 19.4 Å². The summed E-state index contributed by atoms with van der Waals surface area (Å²) >= 11 is 0. The third-order valence-electron chi connectivity index (χ3n) is 2.73. The van der Waals surface area contributed by atoms with Crippen molar-refractivity contribution >= 4 is 5.78 Å². The first-order valence-corrected chi connectivity index (χ1v) is 5.31. The zero-order valence-electron chi connectivity index (χ0n) is 9.16. The number of ketones is 1. The van der Waals surface area contributed by atoms with Crippen LogP contribution in [0.2, 0.25) is 0 Å². The molecular weight excluding hydrogens is 184 g/mol. The average molecular weight is 199 g/mol. The maximum atomic E-state index is 11.7. The zero-order valence-corrected chi connectivity index (χ0v) is 9.16. The number of carbonyl (C=O) groups is 1. The molecule has 15 heavy (non-hydrogen) atoms. The first-order valence-electron chi connectivity index (χ1n) is 5.31. The van der Waals surface area contributed by atoms with Gasteiger partial charge in [-0.3, -0.25) is 4.79 Å². The van der Waals surface area contributed by atoms with Gasteiger partial charge in [0.05, 0.1) is 0 Å². The first kappa shape index (κ1) is 10.2. The van der Waals surface area contributed by atoms with Gasteiger partial charge in [0.15, 0.2) is 5.78 Å². The van der Waals surface area contributed by atoms with Crippen LogP contribution in [-0.2, 0) is 11.2 Å². The van der Waals surface area contributed by atoms with E-state index in [-0.39, 0.29) is 11.7 Å². The van der Waals surface area contributed by atoms with Gasteiger partial charge in [-0.1, -0.05) is 42.8 Å². The van der Waals surface area contributed by atoms with Crippen LogP contribution in [0, 0.1) is 19.3 Å². The minimum absolute atomic E-state index is 0.0951. The number of aryl methyl sites for hydroxylation is 1. The molecule has 1 heteroatoms. The van der Waals surface area contributed by atoms with Gasteiger partial charge in [-0.25, -0.2) is 0 Å². The second kappa shape index (κ2) is 4.01. The van der Waals surface area contributed by atoms with Gasteiger partial charge < -0.3 is 0 Å². The van der Waals surface area contributed by atoms with E-state index in [1.165, 1.54) is 11.1 Å². The number of hydrogen-bond donors (Lipinski definition) is 0. The van der Waals surface area contributed by atoms with Crippen molar-refractivity contribution in [2.45, 2.75) is 20.3 Å². The van der Waals surface area contributed by atoms with Crippen LogP contribution >= 0.6 is 0 Å². The topological polar surface area (TPSA) is 17.1 Å². The van der Waals surface area contributed by atoms with E-state index in [4.69, 9.17) is 0 Å². The lowest BCUT2D eigenvalue weighted by atomic mass is 9.95. The Morgan fingerprint density at radius 3 is 2.40 bits per heavy atom. The Kier molecular flexibility index (Phi) is 2.72. The van der Waals surface area contributed by atoms with Crippen molar-refractivity contribution in [3.8, 4) is 0 Å².